The molecule has 0 spiro atoms. The fourth-order valence-corrected chi connectivity index (χ4v) is 3.01. The molecule has 0 radical (unpaired) electrons. The molecule has 12 heteroatoms. The molecule has 2 saturated carbocycles. The van der Waals surface area contributed by atoms with Crippen LogP contribution >= 0.6 is 0 Å². The van der Waals surface area contributed by atoms with E-state index in [1.807, 2.05) is 0 Å². The van der Waals surface area contributed by atoms with Crippen LogP contribution in [-0.2, 0) is 4.79 Å². The molecule has 0 saturated heterocycles. The molecule has 0 aromatic carbocycles. The highest BCUT2D eigenvalue weighted by Gasteiger charge is 3.17. The third-order valence-electron chi connectivity index (χ3n) is 4.03. The van der Waals surface area contributed by atoms with Crippen molar-refractivity contribution in [3.05, 3.63) is 0 Å². The van der Waals surface area contributed by atoms with Crippen molar-refractivity contribution < 1.29 is 53.1 Å². The predicted octanol–water partition coefficient (Wildman–Crippen LogP) is 3.47. The standard InChI is InChI=1S/C9H3F11O/c1-2(21)3-5(11,12)4(10,8(17,18)6(3,13)14)9(19,20)7(3,15)16/h1H3. The summed E-state index contributed by atoms with van der Waals surface area (Å²) in [4.78, 5) is 10.9. The minimum Gasteiger partial charge on any atom is -0.299 e. The number of fused-ring (bicyclic) bond motifs is 2. The molecule has 0 heterocycles. The molecular formula is C9H3F11O. The van der Waals surface area contributed by atoms with Crippen LogP contribution < -0.4 is 0 Å². The van der Waals surface area contributed by atoms with Gasteiger partial charge in [0.2, 0.25) is 5.41 Å². The van der Waals surface area contributed by atoms with E-state index in [2.05, 4.69) is 0 Å². The first kappa shape index (κ1) is 16.3. The summed E-state index contributed by atoms with van der Waals surface area (Å²) in [5.41, 5.74) is -13.1. The summed E-state index contributed by atoms with van der Waals surface area (Å²) in [7, 11) is 0. The molecule has 0 aromatic rings. The molecule has 2 aliphatic rings. The van der Waals surface area contributed by atoms with Crippen LogP contribution in [0.25, 0.3) is 0 Å². The van der Waals surface area contributed by atoms with Gasteiger partial charge in [0.25, 0.3) is 0 Å². The van der Waals surface area contributed by atoms with Crippen molar-refractivity contribution in [1.29, 1.82) is 0 Å². The SMILES string of the molecule is CC(=O)C12C(F)(F)C(F)(F)C(F)(C(F)(F)C1(F)F)C2(F)F. The van der Waals surface area contributed by atoms with E-state index >= 15 is 0 Å². The van der Waals surface area contributed by atoms with Crippen molar-refractivity contribution in [2.75, 3.05) is 0 Å². The molecule has 0 aromatic heterocycles. The summed E-state index contributed by atoms with van der Waals surface area (Å²) < 4.78 is 147. The van der Waals surface area contributed by atoms with Gasteiger partial charge in [-0.1, -0.05) is 0 Å². The number of rotatable bonds is 1. The van der Waals surface area contributed by atoms with Gasteiger partial charge in [-0.2, -0.15) is 35.1 Å². The quantitative estimate of drug-likeness (QED) is 0.670. The van der Waals surface area contributed by atoms with Crippen LogP contribution in [0.4, 0.5) is 48.3 Å². The second-order valence-corrected chi connectivity index (χ2v) is 4.84. The zero-order valence-corrected chi connectivity index (χ0v) is 9.57. The minimum absolute atomic E-state index is 0.432. The summed E-state index contributed by atoms with van der Waals surface area (Å²) >= 11 is 0. The van der Waals surface area contributed by atoms with Gasteiger partial charge in [0.1, 0.15) is 0 Å². The summed E-state index contributed by atoms with van der Waals surface area (Å²) in [6.07, 6.45) is 0. The third-order valence-corrected chi connectivity index (χ3v) is 4.03. The second kappa shape index (κ2) is 3.14. The highest BCUT2D eigenvalue weighted by atomic mass is 19.4. The van der Waals surface area contributed by atoms with Gasteiger partial charge in [-0.25, -0.2) is 13.2 Å². The maximum Gasteiger partial charge on any atom is 0.357 e. The van der Waals surface area contributed by atoms with Gasteiger partial charge in [-0.15, -0.1) is 0 Å². The minimum atomic E-state index is -6.91. The molecule has 2 fully saturated rings. The van der Waals surface area contributed by atoms with E-state index < -0.39 is 53.4 Å². The molecule has 1 nitrogen and oxygen atoms in total. The highest BCUT2D eigenvalue weighted by Crippen LogP contribution is 2.85. The van der Waals surface area contributed by atoms with Crippen LogP contribution in [0.1, 0.15) is 6.92 Å². The molecule has 2 rings (SSSR count). The normalized spacial score (nSPS) is 43.8. The van der Waals surface area contributed by atoms with Gasteiger partial charge in [0, 0.05) is 0 Å². The Morgan fingerprint density at radius 1 is 0.571 bits per heavy atom. The second-order valence-electron chi connectivity index (χ2n) is 4.84. The fraction of sp³-hybridized carbons (Fsp3) is 0.889. The lowest BCUT2D eigenvalue weighted by Crippen LogP contribution is -2.74. The molecular weight excluding hydrogens is 333 g/mol. The average Bonchev–Trinajstić information content (AvgIpc) is 2.35. The first-order valence-electron chi connectivity index (χ1n) is 5.03. The van der Waals surface area contributed by atoms with Crippen LogP contribution in [0.2, 0.25) is 0 Å². The number of ketones is 1. The lowest BCUT2D eigenvalue weighted by Gasteiger charge is -2.44. The van der Waals surface area contributed by atoms with E-state index in [4.69, 9.17) is 0 Å². The highest BCUT2D eigenvalue weighted by molar-refractivity contribution is 5.89. The van der Waals surface area contributed by atoms with E-state index in [9.17, 15) is 53.1 Å². The molecule has 0 unspecified atom stereocenters. The summed E-state index contributed by atoms with van der Waals surface area (Å²) in [6, 6.07) is 0. The molecule has 0 amide bonds. The van der Waals surface area contributed by atoms with E-state index in [0.29, 0.717) is 0 Å². The average molecular weight is 336 g/mol. The fourth-order valence-electron chi connectivity index (χ4n) is 3.01. The van der Waals surface area contributed by atoms with Gasteiger partial charge in [-0.05, 0) is 6.92 Å². The Morgan fingerprint density at radius 2 is 0.857 bits per heavy atom. The van der Waals surface area contributed by atoms with Crippen LogP contribution in [0, 0.1) is 5.41 Å². The Morgan fingerprint density at radius 3 is 1.05 bits per heavy atom. The number of Topliss-reactive ketones (excluding diaryl/α,β-unsaturated/α-hetero) is 1. The predicted molar refractivity (Wildman–Crippen MR) is 41.7 cm³/mol. The van der Waals surface area contributed by atoms with E-state index in [-0.39, 0.29) is 0 Å². The van der Waals surface area contributed by atoms with Crippen molar-refractivity contribution in [2.45, 2.75) is 42.2 Å². The van der Waals surface area contributed by atoms with Gasteiger partial charge in [0.15, 0.2) is 5.78 Å². The maximum absolute atomic E-state index is 13.7. The molecule has 2 bridgehead atoms. The largest absolute Gasteiger partial charge is 0.357 e. The van der Waals surface area contributed by atoms with E-state index in [0.717, 1.165) is 0 Å². The van der Waals surface area contributed by atoms with E-state index in [1.165, 1.54) is 0 Å². The summed E-state index contributed by atoms with van der Waals surface area (Å²) in [5, 5.41) is 0. The van der Waals surface area contributed by atoms with Crippen LogP contribution in [0.3, 0.4) is 0 Å². The molecule has 0 N–H and O–H groups in total. The monoisotopic (exact) mass is 336 g/mol. The first-order valence-corrected chi connectivity index (χ1v) is 5.03. The Bertz CT molecular complexity index is 506. The third kappa shape index (κ3) is 0.913. The number of halogens is 11. The van der Waals surface area contributed by atoms with Gasteiger partial charge < -0.3 is 0 Å². The van der Waals surface area contributed by atoms with Gasteiger partial charge >= 0.3 is 35.3 Å². The van der Waals surface area contributed by atoms with Crippen molar-refractivity contribution in [1.82, 2.24) is 0 Å². The molecule has 2 aliphatic carbocycles. The zero-order valence-electron chi connectivity index (χ0n) is 9.57. The lowest BCUT2D eigenvalue weighted by molar-refractivity contribution is -0.394. The van der Waals surface area contributed by atoms with E-state index in [1.54, 1.807) is 0 Å². The number of carbonyl (C=O) groups is 1. The molecule has 122 valence electrons. The summed E-state index contributed by atoms with van der Waals surface area (Å²) in [6.45, 7) is -0.432. The number of hydrogen-bond donors (Lipinski definition) is 0. The number of alkyl halides is 11. The Hall–Kier alpha value is -1.10. The van der Waals surface area contributed by atoms with Crippen molar-refractivity contribution in [3.63, 3.8) is 0 Å². The first-order chi connectivity index (χ1) is 8.94. The van der Waals surface area contributed by atoms with Gasteiger partial charge in [-0.3, -0.25) is 4.79 Å². The Labute approximate surface area is 108 Å². The number of carbonyl (C=O) groups excluding carboxylic acids is 1. The smallest absolute Gasteiger partial charge is 0.299 e. The van der Waals surface area contributed by atoms with Gasteiger partial charge in [0.05, 0.1) is 0 Å². The van der Waals surface area contributed by atoms with Crippen molar-refractivity contribution in [2.24, 2.45) is 5.41 Å². The maximum atomic E-state index is 13.7. The topological polar surface area (TPSA) is 17.1 Å². The van der Waals surface area contributed by atoms with Crippen molar-refractivity contribution in [3.8, 4) is 0 Å². The Balaban J connectivity index is 3.11. The molecule has 0 atom stereocenters. The summed E-state index contributed by atoms with van der Waals surface area (Å²) in [5.74, 6) is -37.0. The van der Waals surface area contributed by atoms with Crippen LogP contribution in [0.5, 0.6) is 0 Å². The molecule has 0 aliphatic heterocycles. The van der Waals surface area contributed by atoms with Crippen LogP contribution in [-0.4, -0.2) is 41.1 Å². The Kier molecular flexibility index (Phi) is 2.44. The number of hydrogen-bond acceptors (Lipinski definition) is 1. The van der Waals surface area contributed by atoms with Crippen molar-refractivity contribution >= 4 is 5.78 Å². The molecule has 21 heavy (non-hydrogen) atoms. The zero-order chi connectivity index (χ0) is 17.1. The van der Waals surface area contributed by atoms with Crippen LogP contribution in [0.15, 0.2) is 0 Å². The lowest BCUT2D eigenvalue weighted by atomic mass is 9.71.